The minimum Gasteiger partial charge on any atom is -0.357 e. The first kappa shape index (κ1) is 12.8. The number of carbonyl (C=O) groups is 1. The second-order valence-corrected chi connectivity index (χ2v) is 5.36. The summed E-state index contributed by atoms with van der Waals surface area (Å²) in [4.78, 5) is 22.9. The zero-order chi connectivity index (χ0) is 13.9. The van der Waals surface area contributed by atoms with E-state index in [4.69, 9.17) is 0 Å². The highest BCUT2D eigenvalue weighted by Crippen LogP contribution is 2.22. The fraction of sp³-hybridized carbons (Fsp3) is 0.214. The molecule has 0 fully saturated rings. The summed E-state index contributed by atoms with van der Waals surface area (Å²) in [5.74, 6) is 0.725. The zero-order valence-corrected chi connectivity index (χ0v) is 11.9. The lowest BCUT2D eigenvalue weighted by molar-refractivity contribution is 0.111. The van der Waals surface area contributed by atoms with E-state index in [1.165, 1.54) is 11.3 Å². The molecule has 3 rings (SSSR count). The molecule has 0 amide bonds. The number of carbonyl (C=O) groups excluding carboxylic acids is 1. The van der Waals surface area contributed by atoms with Gasteiger partial charge in [0.2, 0.25) is 0 Å². The van der Waals surface area contributed by atoms with Crippen LogP contribution in [0.5, 0.6) is 0 Å². The van der Waals surface area contributed by atoms with Gasteiger partial charge in [-0.1, -0.05) is 6.07 Å². The number of aromatic nitrogens is 3. The molecule has 3 aromatic rings. The van der Waals surface area contributed by atoms with Gasteiger partial charge in [0.05, 0.1) is 0 Å². The molecule has 0 radical (unpaired) electrons. The Bertz CT molecular complexity index is 719. The van der Waals surface area contributed by atoms with Crippen molar-refractivity contribution in [3.8, 4) is 0 Å². The van der Waals surface area contributed by atoms with Gasteiger partial charge in [-0.15, -0.1) is 11.3 Å². The van der Waals surface area contributed by atoms with Crippen molar-refractivity contribution >= 4 is 28.4 Å². The van der Waals surface area contributed by atoms with Crippen molar-refractivity contribution in [2.75, 3.05) is 18.5 Å². The average molecular weight is 286 g/mol. The predicted molar refractivity (Wildman–Crippen MR) is 79.7 cm³/mol. The molecular formula is C14H14N4OS. The number of imidazole rings is 1. The van der Waals surface area contributed by atoms with Crippen LogP contribution in [0.25, 0.3) is 4.96 Å². The molecular weight excluding hydrogens is 272 g/mol. The van der Waals surface area contributed by atoms with Crippen LogP contribution >= 0.6 is 11.3 Å². The SMILES string of the molecule is CN(CCc1ccccn1)c1nc2sccn2c1C=O. The molecule has 0 N–H and O–H groups in total. The number of anilines is 1. The Hall–Kier alpha value is -2.21. The Morgan fingerprint density at radius 3 is 3.10 bits per heavy atom. The van der Waals surface area contributed by atoms with Crippen LogP contribution in [0, 0.1) is 0 Å². The maximum atomic E-state index is 11.3. The Morgan fingerprint density at radius 1 is 1.45 bits per heavy atom. The first-order valence-electron chi connectivity index (χ1n) is 6.31. The second-order valence-electron chi connectivity index (χ2n) is 4.49. The summed E-state index contributed by atoms with van der Waals surface area (Å²) >= 11 is 1.52. The Balaban J connectivity index is 1.80. The molecule has 5 nitrogen and oxygen atoms in total. The number of pyridine rings is 1. The molecule has 3 heterocycles. The molecule has 0 aromatic carbocycles. The van der Waals surface area contributed by atoms with Gasteiger partial charge in [0.15, 0.2) is 17.1 Å². The summed E-state index contributed by atoms with van der Waals surface area (Å²) in [5, 5.41) is 1.92. The van der Waals surface area contributed by atoms with Crippen LogP contribution in [0.3, 0.4) is 0 Å². The lowest BCUT2D eigenvalue weighted by Crippen LogP contribution is -2.22. The van der Waals surface area contributed by atoms with Gasteiger partial charge < -0.3 is 4.90 Å². The maximum absolute atomic E-state index is 11.3. The van der Waals surface area contributed by atoms with E-state index in [0.717, 1.165) is 35.7 Å². The summed E-state index contributed by atoms with van der Waals surface area (Å²) < 4.78 is 1.82. The third-order valence-electron chi connectivity index (χ3n) is 3.18. The van der Waals surface area contributed by atoms with E-state index in [-0.39, 0.29) is 0 Å². The van der Waals surface area contributed by atoms with Crippen LogP contribution in [-0.2, 0) is 6.42 Å². The van der Waals surface area contributed by atoms with Crippen molar-refractivity contribution in [3.05, 3.63) is 47.4 Å². The van der Waals surface area contributed by atoms with Gasteiger partial charge in [-0.05, 0) is 12.1 Å². The average Bonchev–Trinajstić information content (AvgIpc) is 3.06. The Labute approximate surface area is 120 Å². The molecule has 0 saturated carbocycles. The topological polar surface area (TPSA) is 50.5 Å². The van der Waals surface area contributed by atoms with Crippen molar-refractivity contribution < 1.29 is 4.79 Å². The normalized spacial score (nSPS) is 10.8. The quantitative estimate of drug-likeness (QED) is 0.675. The molecule has 0 aliphatic rings. The van der Waals surface area contributed by atoms with E-state index in [1.807, 2.05) is 46.1 Å². The van der Waals surface area contributed by atoms with Gasteiger partial charge >= 0.3 is 0 Å². The Morgan fingerprint density at radius 2 is 2.35 bits per heavy atom. The number of hydrogen-bond donors (Lipinski definition) is 0. The Kier molecular flexibility index (Phi) is 3.47. The third kappa shape index (κ3) is 2.30. The van der Waals surface area contributed by atoms with Gasteiger partial charge in [-0.25, -0.2) is 4.98 Å². The molecule has 0 aliphatic heterocycles. The van der Waals surface area contributed by atoms with Crippen LogP contribution < -0.4 is 4.90 Å². The van der Waals surface area contributed by atoms with Crippen molar-refractivity contribution in [3.63, 3.8) is 0 Å². The molecule has 0 bridgehead atoms. The first-order chi connectivity index (χ1) is 9.79. The van der Waals surface area contributed by atoms with Crippen molar-refractivity contribution in [2.24, 2.45) is 0 Å². The standard InChI is InChI=1S/C14H14N4OS/c1-17(7-5-11-4-2-3-6-15-11)13-12(10-19)18-8-9-20-14(18)16-13/h2-4,6,8-10H,5,7H2,1H3. The van der Waals surface area contributed by atoms with Crippen LogP contribution in [0.4, 0.5) is 5.82 Å². The highest BCUT2D eigenvalue weighted by atomic mass is 32.1. The maximum Gasteiger partial charge on any atom is 0.196 e. The summed E-state index contributed by atoms with van der Waals surface area (Å²) in [6, 6.07) is 5.88. The van der Waals surface area contributed by atoms with Crippen LogP contribution in [0.1, 0.15) is 16.2 Å². The van der Waals surface area contributed by atoms with E-state index in [2.05, 4.69) is 9.97 Å². The number of likely N-dealkylation sites (N-methyl/N-ethyl adjacent to an activating group) is 1. The van der Waals surface area contributed by atoms with Crippen LogP contribution in [0.15, 0.2) is 36.0 Å². The summed E-state index contributed by atoms with van der Waals surface area (Å²) in [7, 11) is 1.95. The van der Waals surface area contributed by atoms with Gasteiger partial charge in [0.25, 0.3) is 0 Å². The minimum absolute atomic E-state index is 0.602. The fourth-order valence-electron chi connectivity index (χ4n) is 2.12. The fourth-order valence-corrected chi connectivity index (χ4v) is 2.83. The molecule has 0 saturated heterocycles. The second kappa shape index (κ2) is 5.42. The zero-order valence-electron chi connectivity index (χ0n) is 11.1. The van der Waals surface area contributed by atoms with E-state index in [9.17, 15) is 4.79 Å². The van der Waals surface area contributed by atoms with Gasteiger partial charge in [0.1, 0.15) is 5.69 Å². The van der Waals surface area contributed by atoms with E-state index in [0.29, 0.717) is 5.69 Å². The smallest absolute Gasteiger partial charge is 0.196 e. The summed E-state index contributed by atoms with van der Waals surface area (Å²) in [5.41, 5.74) is 1.64. The van der Waals surface area contributed by atoms with Gasteiger partial charge in [-0.2, -0.15) is 0 Å². The van der Waals surface area contributed by atoms with E-state index < -0.39 is 0 Å². The highest BCUT2D eigenvalue weighted by Gasteiger charge is 2.15. The monoisotopic (exact) mass is 286 g/mol. The molecule has 0 aliphatic carbocycles. The van der Waals surface area contributed by atoms with Crippen molar-refractivity contribution in [2.45, 2.75) is 6.42 Å². The largest absolute Gasteiger partial charge is 0.357 e. The number of rotatable bonds is 5. The lowest BCUT2D eigenvalue weighted by Gasteiger charge is -2.16. The molecule has 6 heteroatoms. The first-order valence-corrected chi connectivity index (χ1v) is 7.19. The number of hydrogen-bond acceptors (Lipinski definition) is 5. The third-order valence-corrected chi connectivity index (χ3v) is 3.94. The molecule has 3 aromatic heterocycles. The highest BCUT2D eigenvalue weighted by molar-refractivity contribution is 7.15. The van der Waals surface area contributed by atoms with Crippen molar-refractivity contribution in [1.82, 2.24) is 14.4 Å². The van der Waals surface area contributed by atoms with Gasteiger partial charge in [-0.3, -0.25) is 14.2 Å². The number of fused-ring (bicyclic) bond motifs is 1. The van der Waals surface area contributed by atoms with Crippen LogP contribution in [0.2, 0.25) is 0 Å². The van der Waals surface area contributed by atoms with Gasteiger partial charge in [0, 0.05) is 43.5 Å². The molecule has 0 unspecified atom stereocenters. The molecule has 0 atom stereocenters. The van der Waals surface area contributed by atoms with Crippen molar-refractivity contribution in [1.29, 1.82) is 0 Å². The van der Waals surface area contributed by atoms with Crippen LogP contribution in [-0.4, -0.2) is 34.2 Å². The summed E-state index contributed by atoms with van der Waals surface area (Å²) in [6.07, 6.45) is 5.34. The predicted octanol–water partition coefficient (Wildman–Crippen LogP) is 2.28. The molecule has 20 heavy (non-hydrogen) atoms. The van der Waals surface area contributed by atoms with E-state index >= 15 is 0 Å². The number of nitrogens with zero attached hydrogens (tertiary/aromatic N) is 4. The molecule has 102 valence electrons. The number of aldehydes is 1. The minimum atomic E-state index is 0.602. The molecule has 0 spiro atoms. The van der Waals surface area contributed by atoms with E-state index in [1.54, 1.807) is 6.20 Å². The lowest BCUT2D eigenvalue weighted by atomic mass is 10.2. The summed E-state index contributed by atoms with van der Waals surface area (Å²) in [6.45, 7) is 0.767. The number of thiazole rings is 1.